The van der Waals surface area contributed by atoms with E-state index in [0.29, 0.717) is 16.3 Å². The van der Waals surface area contributed by atoms with E-state index >= 15 is 0 Å². The SMILES string of the molecule is CC1=C(C(=O)O)C(c2cccc(Cl)c2Cl)N=C(NC#N)N1. The molecule has 3 N–H and O–H groups in total. The summed E-state index contributed by atoms with van der Waals surface area (Å²) in [6.45, 7) is 1.59. The van der Waals surface area contributed by atoms with Crippen molar-refractivity contribution in [2.24, 2.45) is 4.99 Å². The Morgan fingerprint density at radius 3 is 2.86 bits per heavy atom. The molecular formula is C13H10Cl2N4O2. The number of nitrogens with zero attached hydrogens (tertiary/aromatic N) is 2. The molecule has 0 saturated carbocycles. The maximum atomic E-state index is 11.5. The van der Waals surface area contributed by atoms with Gasteiger partial charge in [0.05, 0.1) is 15.6 Å². The van der Waals surface area contributed by atoms with Crippen molar-refractivity contribution in [2.75, 3.05) is 0 Å². The number of nitriles is 1. The third-order valence-corrected chi connectivity index (χ3v) is 3.76. The van der Waals surface area contributed by atoms with Crippen molar-refractivity contribution in [1.82, 2.24) is 10.6 Å². The minimum Gasteiger partial charge on any atom is -0.478 e. The molecule has 0 aromatic heterocycles. The number of carboxylic acid groups (broad SMARTS) is 1. The van der Waals surface area contributed by atoms with Crippen molar-refractivity contribution >= 4 is 35.1 Å². The van der Waals surface area contributed by atoms with E-state index in [1.54, 1.807) is 31.3 Å². The molecule has 1 heterocycles. The molecule has 0 bridgehead atoms. The molecule has 1 unspecified atom stereocenters. The van der Waals surface area contributed by atoms with E-state index in [0.717, 1.165) is 0 Å². The number of aliphatic imine (C=N–C) groups is 1. The van der Waals surface area contributed by atoms with Gasteiger partial charge in [-0.05, 0) is 13.0 Å². The van der Waals surface area contributed by atoms with Crippen LogP contribution in [0, 0.1) is 11.5 Å². The molecule has 0 radical (unpaired) electrons. The summed E-state index contributed by atoms with van der Waals surface area (Å²) in [5.41, 5.74) is 0.874. The number of carbonyl (C=O) groups is 1. The first kappa shape index (κ1) is 15.2. The number of hydrogen-bond acceptors (Lipinski definition) is 5. The van der Waals surface area contributed by atoms with Gasteiger partial charge in [0.2, 0.25) is 5.96 Å². The quantitative estimate of drug-likeness (QED) is 0.573. The van der Waals surface area contributed by atoms with Crippen LogP contribution in [-0.2, 0) is 4.79 Å². The third kappa shape index (κ3) is 2.94. The lowest BCUT2D eigenvalue weighted by Crippen LogP contribution is -2.38. The molecule has 1 aliphatic rings. The third-order valence-electron chi connectivity index (χ3n) is 2.92. The molecule has 0 fully saturated rings. The number of carboxylic acids is 1. The van der Waals surface area contributed by atoms with Gasteiger partial charge in [0.15, 0.2) is 6.19 Å². The number of nitrogens with one attached hydrogen (secondary N) is 2. The molecule has 21 heavy (non-hydrogen) atoms. The second-order valence-electron chi connectivity index (χ2n) is 4.23. The Labute approximate surface area is 130 Å². The van der Waals surface area contributed by atoms with E-state index in [4.69, 9.17) is 28.5 Å². The Kier molecular flexibility index (Phi) is 4.36. The highest BCUT2D eigenvalue weighted by atomic mass is 35.5. The van der Waals surface area contributed by atoms with Gasteiger partial charge in [-0.25, -0.2) is 9.79 Å². The van der Waals surface area contributed by atoms with Crippen LogP contribution in [0.3, 0.4) is 0 Å². The normalized spacial score (nSPS) is 17.6. The molecule has 6 nitrogen and oxygen atoms in total. The van der Waals surface area contributed by atoms with Crippen molar-refractivity contribution in [2.45, 2.75) is 13.0 Å². The van der Waals surface area contributed by atoms with Gasteiger partial charge in [-0.2, -0.15) is 5.26 Å². The maximum absolute atomic E-state index is 11.5. The van der Waals surface area contributed by atoms with Gasteiger partial charge >= 0.3 is 5.97 Å². The standard InChI is InChI=1S/C13H10Cl2N4O2/c1-6-9(12(20)21)11(19-13(18-6)17-5-16)7-3-2-4-8(14)10(7)15/h2-4,11H,1H3,(H,20,21)(H2,17,18,19). The summed E-state index contributed by atoms with van der Waals surface area (Å²) in [6, 6.07) is 4.05. The lowest BCUT2D eigenvalue weighted by Gasteiger charge is -2.24. The summed E-state index contributed by atoms with van der Waals surface area (Å²) in [5.74, 6) is -0.971. The fourth-order valence-electron chi connectivity index (χ4n) is 2.03. The van der Waals surface area contributed by atoms with Crippen LogP contribution in [0.25, 0.3) is 0 Å². The second kappa shape index (κ2) is 6.04. The van der Waals surface area contributed by atoms with Crippen LogP contribution < -0.4 is 10.6 Å². The van der Waals surface area contributed by atoms with Gasteiger partial charge in [-0.15, -0.1) is 0 Å². The molecule has 1 atom stereocenters. The highest BCUT2D eigenvalue weighted by Gasteiger charge is 2.30. The largest absolute Gasteiger partial charge is 0.478 e. The van der Waals surface area contributed by atoms with Crippen LogP contribution in [0.2, 0.25) is 10.0 Å². The Hall–Kier alpha value is -2.23. The summed E-state index contributed by atoms with van der Waals surface area (Å²) in [7, 11) is 0. The zero-order valence-corrected chi connectivity index (χ0v) is 12.3. The lowest BCUT2D eigenvalue weighted by molar-refractivity contribution is -0.133. The van der Waals surface area contributed by atoms with E-state index in [9.17, 15) is 9.90 Å². The van der Waals surface area contributed by atoms with Crippen molar-refractivity contribution < 1.29 is 9.90 Å². The molecule has 1 aliphatic heterocycles. The number of guanidine groups is 1. The number of benzene rings is 1. The van der Waals surface area contributed by atoms with E-state index in [2.05, 4.69) is 15.6 Å². The topological polar surface area (TPSA) is 97.5 Å². The number of hydrogen-bond donors (Lipinski definition) is 3. The summed E-state index contributed by atoms with van der Waals surface area (Å²) in [6.07, 6.45) is 1.73. The fourth-order valence-corrected chi connectivity index (χ4v) is 2.44. The Morgan fingerprint density at radius 1 is 1.52 bits per heavy atom. The van der Waals surface area contributed by atoms with Crippen LogP contribution in [-0.4, -0.2) is 17.0 Å². The van der Waals surface area contributed by atoms with E-state index in [1.165, 1.54) is 0 Å². The van der Waals surface area contributed by atoms with Crippen LogP contribution >= 0.6 is 23.2 Å². The molecule has 2 rings (SSSR count). The Morgan fingerprint density at radius 2 is 2.24 bits per heavy atom. The number of halogens is 2. The summed E-state index contributed by atoms with van der Waals surface area (Å²) in [5, 5.41) is 23.7. The van der Waals surface area contributed by atoms with Crippen molar-refractivity contribution in [3.8, 4) is 6.19 Å². The first-order valence-corrected chi connectivity index (χ1v) is 6.59. The summed E-state index contributed by atoms with van der Waals surface area (Å²) < 4.78 is 0. The average molecular weight is 325 g/mol. The monoisotopic (exact) mass is 324 g/mol. The van der Waals surface area contributed by atoms with Gasteiger partial charge in [-0.3, -0.25) is 5.32 Å². The smallest absolute Gasteiger partial charge is 0.335 e. The van der Waals surface area contributed by atoms with Gasteiger partial charge < -0.3 is 10.4 Å². The Balaban J connectivity index is 2.59. The van der Waals surface area contributed by atoms with Crippen LogP contribution in [0.1, 0.15) is 18.5 Å². The molecular weight excluding hydrogens is 315 g/mol. The zero-order chi connectivity index (χ0) is 15.6. The molecule has 1 aromatic carbocycles. The summed E-state index contributed by atoms with van der Waals surface area (Å²) in [4.78, 5) is 15.7. The van der Waals surface area contributed by atoms with E-state index in [-0.39, 0.29) is 16.6 Å². The molecule has 0 saturated heterocycles. The van der Waals surface area contributed by atoms with Gasteiger partial charge in [0.25, 0.3) is 0 Å². The summed E-state index contributed by atoms with van der Waals surface area (Å²) >= 11 is 12.1. The minimum absolute atomic E-state index is 0.0441. The minimum atomic E-state index is -1.12. The average Bonchev–Trinajstić information content (AvgIpc) is 2.41. The first-order valence-electron chi connectivity index (χ1n) is 5.83. The van der Waals surface area contributed by atoms with Crippen LogP contribution in [0.5, 0.6) is 0 Å². The van der Waals surface area contributed by atoms with Gasteiger partial charge in [-0.1, -0.05) is 35.3 Å². The second-order valence-corrected chi connectivity index (χ2v) is 5.01. The van der Waals surface area contributed by atoms with E-state index in [1.807, 2.05) is 0 Å². The van der Waals surface area contributed by atoms with Crippen molar-refractivity contribution in [3.63, 3.8) is 0 Å². The van der Waals surface area contributed by atoms with Crippen molar-refractivity contribution in [1.29, 1.82) is 5.26 Å². The molecule has 108 valence electrons. The van der Waals surface area contributed by atoms with E-state index < -0.39 is 12.0 Å². The predicted molar refractivity (Wildman–Crippen MR) is 78.9 cm³/mol. The van der Waals surface area contributed by atoms with Gasteiger partial charge in [0, 0.05) is 11.3 Å². The first-order chi connectivity index (χ1) is 9.95. The number of allylic oxidation sites excluding steroid dienone is 1. The lowest BCUT2D eigenvalue weighted by atomic mass is 9.96. The highest BCUT2D eigenvalue weighted by molar-refractivity contribution is 6.42. The predicted octanol–water partition coefficient (Wildman–Crippen LogP) is 2.42. The molecule has 8 heteroatoms. The number of rotatable bonds is 2. The highest BCUT2D eigenvalue weighted by Crippen LogP contribution is 2.37. The molecule has 0 spiro atoms. The zero-order valence-electron chi connectivity index (χ0n) is 10.8. The molecule has 0 aliphatic carbocycles. The van der Waals surface area contributed by atoms with Crippen LogP contribution in [0.4, 0.5) is 0 Å². The van der Waals surface area contributed by atoms with Gasteiger partial charge in [0.1, 0.15) is 6.04 Å². The van der Waals surface area contributed by atoms with Crippen LogP contribution in [0.15, 0.2) is 34.5 Å². The number of aliphatic carboxylic acids is 1. The molecule has 0 amide bonds. The molecule has 1 aromatic rings. The fraction of sp³-hybridized carbons (Fsp3) is 0.154. The Bertz CT molecular complexity index is 707. The van der Waals surface area contributed by atoms with Crippen molar-refractivity contribution in [3.05, 3.63) is 45.1 Å². The maximum Gasteiger partial charge on any atom is 0.335 e.